The van der Waals surface area contributed by atoms with Gasteiger partial charge in [-0.05, 0) is 26.0 Å². The molecule has 1 atom stereocenters. The highest BCUT2D eigenvalue weighted by Crippen LogP contribution is 2.18. The Balaban J connectivity index is 1.47. The van der Waals surface area contributed by atoms with Crippen LogP contribution in [0.5, 0.6) is 0 Å². The number of amides is 1. The molecule has 178 valence electrons. The molecule has 4 heterocycles. The number of nitrogens with one attached hydrogen (secondary N) is 1. The molecule has 1 saturated heterocycles. The van der Waals surface area contributed by atoms with E-state index in [1.807, 2.05) is 4.90 Å². The van der Waals surface area contributed by atoms with Crippen LogP contribution in [-0.4, -0.2) is 98.4 Å². The molecule has 1 fully saturated rings. The van der Waals surface area contributed by atoms with Crippen LogP contribution in [0.1, 0.15) is 13.8 Å². The van der Waals surface area contributed by atoms with E-state index < -0.39 is 11.7 Å². The number of ether oxygens (including phenoxy) is 1. The topological polar surface area (TPSA) is 140 Å². The highest BCUT2D eigenvalue weighted by atomic mass is 19.1. The highest BCUT2D eigenvalue weighted by Gasteiger charge is 2.30. The fourth-order valence-electron chi connectivity index (χ4n) is 3.76. The largest absolute Gasteiger partial charge is 0.461 e. The third kappa shape index (κ3) is 5.37. The summed E-state index contributed by atoms with van der Waals surface area (Å²) in [5.74, 6) is 1.03. The highest BCUT2D eigenvalue weighted by molar-refractivity contribution is 5.84. The lowest BCUT2D eigenvalue weighted by Gasteiger charge is -2.38. The molecule has 3 N–H and O–H groups in total. The first-order valence-corrected chi connectivity index (χ1v) is 10.6. The molecule has 13 heteroatoms. The average molecular weight is 462 g/mol. The van der Waals surface area contributed by atoms with Crippen molar-refractivity contribution in [3.63, 3.8) is 0 Å². The maximum Gasteiger partial charge on any atom is 0.259 e. The zero-order valence-corrected chi connectivity index (χ0v) is 18.9. The van der Waals surface area contributed by atoms with E-state index in [0.717, 1.165) is 0 Å². The summed E-state index contributed by atoms with van der Waals surface area (Å²) in [5, 5.41) is 7.26. The summed E-state index contributed by atoms with van der Waals surface area (Å²) in [6.07, 6.45) is 1.52. The van der Waals surface area contributed by atoms with Crippen LogP contribution in [0.3, 0.4) is 0 Å². The van der Waals surface area contributed by atoms with Crippen LogP contribution in [0.25, 0.3) is 17.4 Å². The Morgan fingerprint density at radius 3 is 2.70 bits per heavy atom. The lowest BCUT2D eigenvalue weighted by atomic mass is 10.1. The third-order valence-electron chi connectivity index (χ3n) is 5.19. The van der Waals surface area contributed by atoms with Gasteiger partial charge in [0.15, 0.2) is 5.76 Å². The second kappa shape index (κ2) is 9.27. The minimum Gasteiger partial charge on any atom is -0.461 e. The van der Waals surface area contributed by atoms with Crippen molar-refractivity contribution in [2.75, 3.05) is 57.5 Å². The van der Waals surface area contributed by atoms with Gasteiger partial charge in [-0.2, -0.15) is 19.5 Å². The predicted octanol–water partition coefficient (Wildman–Crippen LogP) is 0.681. The van der Waals surface area contributed by atoms with Crippen molar-refractivity contribution in [3.05, 3.63) is 18.4 Å². The summed E-state index contributed by atoms with van der Waals surface area (Å²) in [5.41, 5.74) is 4.76. The van der Waals surface area contributed by atoms with Gasteiger partial charge in [-0.25, -0.2) is 4.39 Å². The molecular weight excluding hydrogens is 433 g/mol. The number of methoxy groups -OCH3 is 1. The van der Waals surface area contributed by atoms with Gasteiger partial charge in [-0.15, -0.1) is 5.10 Å². The molecule has 1 aliphatic heterocycles. The van der Waals surface area contributed by atoms with Crippen LogP contribution in [0.2, 0.25) is 0 Å². The third-order valence-corrected chi connectivity index (χ3v) is 5.19. The minimum absolute atomic E-state index is 0.0545. The number of nitrogens with zero attached hydrogens (tertiary/aromatic N) is 7. The number of hydrogen-bond donors (Lipinski definition) is 2. The predicted molar refractivity (Wildman–Crippen MR) is 118 cm³/mol. The lowest BCUT2D eigenvalue weighted by Crippen LogP contribution is -2.55. The number of carbonyl (C=O) groups is 1. The molecule has 3 aromatic rings. The van der Waals surface area contributed by atoms with Gasteiger partial charge >= 0.3 is 0 Å². The molecule has 0 radical (unpaired) electrons. The Labute approximate surface area is 189 Å². The van der Waals surface area contributed by atoms with Crippen LogP contribution in [0.4, 0.5) is 16.3 Å². The van der Waals surface area contributed by atoms with Crippen molar-refractivity contribution in [2.24, 2.45) is 0 Å². The van der Waals surface area contributed by atoms with Crippen LogP contribution in [0, 0.1) is 0 Å². The molecule has 12 nitrogen and oxygen atoms in total. The summed E-state index contributed by atoms with van der Waals surface area (Å²) in [7, 11) is 1.51. The van der Waals surface area contributed by atoms with E-state index in [2.05, 4.69) is 25.4 Å². The Bertz CT molecular complexity index is 1090. The van der Waals surface area contributed by atoms with Crippen molar-refractivity contribution < 1.29 is 18.3 Å². The fraction of sp³-hybridized carbons (Fsp3) is 0.550. The SMILES string of the molecule is COCC(Nc1nc(N)n2nc(-c3ccco3)nc2n1)C(=O)N1CCN(CC(C)(C)F)CC1. The molecule has 0 spiro atoms. The van der Waals surface area contributed by atoms with E-state index in [4.69, 9.17) is 14.9 Å². The molecule has 1 amide bonds. The first-order chi connectivity index (χ1) is 15.7. The Morgan fingerprint density at radius 2 is 2.06 bits per heavy atom. The van der Waals surface area contributed by atoms with Gasteiger partial charge in [0.05, 0.1) is 12.9 Å². The number of aromatic nitrogens is 5. The van der Waals surface area contributed by atoms with E-state index in [1.54, 1.807) is 30.9 Å². The average Bonchev–Trinajstić information content (AvgIpc) is 3.42. The number of piperazine rings is 1. The second-order valence-electron chi connectivity index (χ2n) is 8.50. The van der Waals surface area contributed by atoms with Gasteiger partial charge in [0, 0.05) is 39.8 Å². The maximum absolute atomic E-state index is 13.9. The number of rotatable bonds is 8. The van der Waals surface area contributed by atoms with Crippen molar-refractivity contribution >= 4 is 23.6 Å². The fourth-order valence-corrected chi connectivity index (χ4v) is 3.76. The lowest BCUT2D eigenvalue weighted by molar-refractivity contribution is -0.135. The Morgan fingerprint density at radius 1 is 1.30 bits per heavy atom. The van der Waals surface area contributed by atoms with Gasteiger partial charge in [0.1, 0.15) is 11.7 Å². The number of nitrogens with two attached hydrogens (primary N) is 1. The number of alkyl halides is 1. The standard InChI is InChI=1S/C20H28FN9O3/c1-20(2,21)12-28-6-8-29(9-7-28)16(31)13(11-32-3)23-18-25-17(22)30-19(26-18)24-15(27-30)14-5-4-10-33-14/h4-5,10,13H,6-9,11-12H2,1-3H3,(H3,22,23,24,25,26,27). The van der Waals surface area contributed by atoms with Gasteiger partial charge < -0.3 is 25.1 Å². The first kappa shape index (κ1) is 22.9. The molecule has 0 aliphatic carbocycles. The zero-order chi connectivity index (χ0) is 23.6. The van der Waals surface area contributed by atoms with Crippen molar-refractivity contribution in [3.8, 4) is 11.6 Å². The molecule has 33 heavy (non-hydrogen) atoms. The van der Waals surface area contributed by atoms with Crippen LogP contribution >= 0.6 is 0 Å². The molecule has 3 aromatic heterocycles. The summed E-state index contributed by atoms with van der Waals surface area (Å²) in [6.45, 7) is 5.74. The number of hydrogen-bond acceptors (Lipinski definition) is 10. The minimum atomic E-state index is -1.28. The smallest absolute Gasteiger partial charge is 0.259 e. The Kier molecular flexibility index (Phi) is 6.42. The number of furan rings is 1. The van der Waals surface area contributed by atoms with E-state index in [-0.39, 0.29) is 30.2 Å². The van der Waals surface area contributed by atoms with Crippen LogP contribution < -0.4 is 11.1 Å². The van der Waals surface area contributed by atoms with Gasteiger partial charge in [-0.1, -0.05) is 0 Å². The number of carbonyl (C=O) groups excluding carboxylic acids is 1. The second-order valence-corrected chi connectivity index (χ2v) is 8.50. The first-order valence-electron chi connectivity index (χ1n) is 10.6. The summed E-state index contributed by atoms with van der Waals surface area (Å²) < 4.78 is 25.8. The number of fused-ring (bicyclic) bond motifs is 1. The molecule has 0 bridgehead atoms. The number of halogens is 1. The maximum atomic E-state index is 13.9. The molecular formula is C20H28FN9O3. The Hall–Kier alpha value is -3.32. The molecule has 1 aliphatic rings. The van der Waals surface area contributed by atoms with Crippen LogP contribution in [0.15, 0.2) is 22.8 Å². The van der Waals surface area contributed by atoms with Crippen molar-refractivity contribution in [1.29, 1.82) is 0 Å². The van der Waals surface area contributed by atoms with E-state index in [0.29, 0.717) is 44.3 Å². The zero-order valence-electron chi connectivity index (χ0n) is 18.9. The van der Waals surface area contributed by atoms with E-state index >= 15 is 0 Å². The quantitative estimate of drug-likeness (QED) is 0.492. The molecule has 4 rings (SSSR count). The van der Waals surface area contributed by atoms with Crippen LogP contribution in [-0.2, 0) is 9.53 Å². The van der Waals surface area contributed by atoms with Crippen molar-refractivity contribution in [1.82, 2.24) is 34.4 Å². The number of nitrogen functional groups attached to an aromatic ring is 1. The van der Waals surface area contributed by atoms with Gasteiger partial charge in [-0.3, -0.25) is 9.69 Å². The summed E-state index contributed by atoms with van der Waals surface area (Å²) >= 11 is 0. The molecule has 1 unspecified atom stereocenters. The summed E-state index contributed by atoms with van der Waals surface area (Å²) in [4.78, 5) is 29.8. The monoisotopic (exact) mass is 461 g/mol. The molecule has 0 aromatic carbocycles. The summed E-state index contributed by atoms with van der Waals surface area (Å²) in [6, 6.07) is 2.72. The number of anilines is 2. The van der Waals surface area contributed by atoms with Gasteiger partial charge in [0.2, 0.25) is 23.6 Å². The van der Waals surface area contributed by atoms with Gasteiger partial charge in [0.25, 0.3) is 5.78 Å². The van der Waals surface area contributed by atoms with E-state index in [9.17, 15) is 9.18 Å². The normalized spacial score (nSPS) is 16.3. The van der Waals surface area contributed by atoms with Crippen molar-refractivity contribution in [2.45, 2.75) is 25.6 Å². The van der Waals surface area contributed by atoms with E-state index in [1.165, 1.54) is 17.9 Å². The molecule has 0 saturated carbocycles.